The van der Waals surface area contributed by atoms with Crippen LogP contribution < -0.4 is 5.73 Å². The summed E-state index contributed by atoms with van der Waals surface area (Å²) in [5.74, 6) is -2.89. The Morgan fingerprint density at radius 2 is 1.92 bits per heavy atom. The number of nitrogens with one attached hydrogen (secondary N) is 1. The van der Waals surface area contributed by atoms with E-state index in [0.29, 0.717) is 5.56 Å². The minimum absolute atomic E-state index is 0.0000329. The molecule has 1 fully saturated rings. The predicted octanol–water partition coefficient (Wildman–Crippen LogP) is -0.868. The number of nitrogens with two attached hydrogens (primary N) is 1. The van der Waals surface area contributed by atoms with Gasteiger partial charge in [0.15, 0.2) is 23.5 Å². The molecule has 39 heavy (non-hydrogen) atoms. The van der Waals surface area contributed by atoms with E-state index in [0.717, 1.165) is 0 Å². The molecule has 4 heterocycles. The number of nitrogens with zero attached hydrogens (tertiary/aromatic N) is 7. The minimum atomic E-state index is -2.20. The van der Waals surface area contributed by atoms with Gasteiger partial charge in [-0.05, 0) is 39.7 Å². The highest BCUT2D eigenvalue weighted by Gasteiger charge is 2.50. The number of imidazole rings is 1. The second-order valence-corrected chi connectivity index (χ2v) is 8.96. The summed E-state index contributed by atoms with van der Waals surface area (Å²) in [5, 5.41) is 53.6. The van der Waals surface area contributed by atoms with Crippen molar-refractivity contribution in [1.82, 2.24) is 40.1 Å². The number of hydrogen-bond acceptors (Lipinski definition) is 13. The molecule has 0 saturated carbocycles. The Morgan fingerprint density at radius 1 is 1.18 bits per heavy atom. The average Bonchev–Trinajstić information content (AvgIpc) is 3.63. The zero-order valence-corrected chi connectivity index (χ0v) is 20.4. The van der Waals surface area contributed by atoms with Crippen LogP contribution in [0.3, 0.4) is 0 Å². The molecule has 3 aromatic heterocycles. The Labute approximate surface area is 222 Å². The number of H-pyrrole nitrogens is 1. The predicted molar refractivity (Wildman–Crippen MR) is 127 cm³/mol. The molecule has 18 heteroatoms. The van der Waals surface area contributed by atoms with E-state index in [2.05, 4.69) is 35.6 Å². The molecule has 1 aliphatic heterocycles. The number of halogens is 1. The second-order valence-electron chi connectivity index (χ2n) is 8.62. The monoisotopic (exact) mass is 561 g/mol. The van der Waals surface area contributed by atoms with Gasteiger partial charge in [-0.3, -0.25) is 4.57 Å². The molecule has 1 aliphatic rings. The van der Waals surface area contributed by atoms with Gasteiger partial charge in [0.2, 0.25) is 10.9 Å². The van der Waals surface area contributed by atoms with E-state index in [1.165, 1.54) is 35.2 Å². The highest BCUT2D eigenvalue weighted by molar-refractivity contribution is 6.28. The highest BCUT2D eigenvalue weighted by atomic mass is 35.5. The fourth-order valence-electron chi connectivity index (χ4n) is 4.24. The van der Waals surface area contributed by atoms with Gasteiger partial charge < -0.3 is 35.6 Å². The van der Waals surface area contributed by atoms with Gasteiger partial charge in [-0.25, -0.2) is 19.7 Å². The second kappa shape index (κ2) is 10.1. The number of hydrogen-bond donors (Lipinski definition) is 6. The lowest BCUT2D eigenvalue weighted by Gasteiger charge is -2.29. The Hall–Kier alpha value is -4.29. The minimum Gasteiger partial charge on any atom is -0.479 e. The first-order valence-electron chi connectivity index (χ1n) is 11.2. The van der Waals surface area contributed by atoms with Crippen molar-refractivity contribution in [3.63, 3.8) is 0 Å². The summed E-state index contributed by atoms with van der Waals surface area (Å²) < 4.78 is 13.0. The number of anilines is 1. The smallest absolute Gasteiger partial charge is 0.344 e. The Bertz CT molecular complexity index is 1520. The van der Waals surface area contributed by atoms with Crippen molar-refractivity contribution in [2.45, 2.75) is 36.6 Å². The molecule has 1 aromatic carbocycles. The van der Waals surface area contributed by atoms with Crippen molar-refractivity contribution in [2.24, 2.45) is 0 Å². The molecular weight excluding hydrogens is 542 g/mol. The summed E-state index contributed by atoms with van der Waals surface area (Å²) in [7, 11) is 0. The van der Waals surface area contributed by atoms with Gasteiger partial charge in [0.25, 0.3) is 0 Å². The molecule has 17 nitrogen and oxygen atoms in total. The largest absolute Gasteiger partial charge is 0.479 e. The van der Waals surface area contributed by atoms with Crippen LogP contribution in [0.2, 0.25) is 5.28 Å². The first-order valence-corrected chi connectivity index (χ1v) is 11.6. The maximum Gasteiger partial charge on any atom is 0.344 e. The number of rotatable bonds is 9. The zero-order valence-electron chi connectivity index (χ0n) is 19.6. The molecule has 0 bridgehead atoms. The molecule has 204 valence electrons. The first kappa shape index (κ1) is 26.3. The zero-order chi connectivity index (χ0) is 27.9. The normalized spacial score (nSPS) is 22.6. The summed E-state index contributed by atoms with van der Waals surface area (Å²) in [6.45, 7) is -0.528. The molecule has 0 aliphatic carbocycles. The lowest BCUT2D eigenvalue weighted by Crippen LogP contribution is -2.45. The summed E-state index contributed by atoms with van der Waals surface area (Å²) >= 11 is 5.90. The van der Waals surface area contributed by atoms with Gasteiger partial charge in [0, 0.05) is 6.42 Å². The fourth-order valence-corrected chi connectivity index (χ4v) is 4.41. The summed E-state index contributed by atoms with van der Waals surface area (Å²) in [6.07, 6.45) is -4.50. The third kappa shape index (κ3) is 4.72. The van der Waals surface area contributed by atoms with Crippen LogP contribution in [0.1, 0.15) is 28.0 Å². The topological polar surface area (TPSA) is 258 Å². The Kier molecular flexibility index (Phi) is 6.83. The van der Waals surface area contributed by atoms with E-state index in [1.807, 2.05) is 0 Å². The summed E-state index contributed by atoms with van der Waals surface area (Å²) in [6, 6.07) is 5.48. The van der Waals surface area contributed by atoms with Crippen molar-refractivity contribution in [3.05, 3.63) is 52.8 Å². The molecule has 4 aromatic rings. The number of fused-ring (bicyclic) bond motifs is 1. The van der Waals surface area contributed by atoms with Gasteiger partial charge in [0.1, 0.15) is 23.8 Å². The third-order valence-corrected chi connectivity index (χ3v) is 6.42. The molecule has 1 unspecified atom stereocenters. The fraction of sp³-hybridized carbons (Fsp3) is 0.333. The molecular formula is C21H20ClN9O8. The van der Waals surface area contributed by atoms with Crippen LogP contribution in [0.25, 0.3) is 11.2 Å². The number of aromatic amines is 1. The number of aromatic carboxylic acids is 1. The van der Waals surface area contributed by atoms with Crippen LogP contribution in [-0.2, 0) is 26.3 Å². The average molecular weight is 562 g/mol. The van der Waals surface area contributed by atoms with Crippen molar-refractivity contribution in [2.75, 3.05) is 12.3 Å². The van der Waals surface area contributed by atoms with E-state index >= 15 is 0 Å². The summed E-state index contributed by atoms with van der Waals surface area (Å²) in [5.41, 5.74) is 4.36. The van der Waals surface area contributed by atoms with E-state index in [1.54, 1.807) is 0 Å². The number of aliphatic hydroxyl groups excluding tert-OH is 2. The number of aliphatic hydroxyl groups is 2. The van der Waals surface area contributed by atoms with Crippen LogP contribution in [0.5, 0.6) is 0 Å². The maximum absolute atomic E-state index is 12.6. The molecule has 5 rings (SSSR count). The van der Waals surface area contributed by atoms with Crippen molar-refractivity contribution in [3.8, 4) is 0 Å². The number of aromatic nitrogens is 8. The SMILES string of the molecule is Nc1nc(Cl)nc2c1ncn2[C@@H]1O[C@H](COC(Cc2ccc(C(=O)O)cc2)(C(=O)O)c2nnn[nH]2)[C@@H](O)[C@H]1O. The van der Waals surface area contributed by atoms with Gasteiger partial charge >= 0.3 is 11.9 Å². The van der Waals surface area contributed by atoms with Crippen molar-refractivity contribution in [1.29, 1.82) is 0 Å². The molecule has 0 amide bonds. The van der Waals surface area contributed by atoms with Crippen molar-refractivity contribution >= 4 is 40.5 Å². The van der Waals surface area contributed by atoms with E-state index < -0.39 is 48.7 Å². The van der Waals surface area contributed by atoms with E-state index in [-0.39, 0.29) is 40.1 Å². The number of tetrazole rings is 1. The number of carboxylic acid groups (broad SMARTS) is 2. The number of carboxylic acids is 2. The number of ether oxygens (including phenoxy) is 2. The molecule has 0 radical (unpaired) electrons. The van der Waals surface area contributed by atoms with Crippen LogP contribution >= 0.6 is 11.6 Å². The van der Waals surface area contributed by atoms with Gasteiger partial charge in [0.05, 0.1) is 18.5 Å². The van der Waals surface area contributed by atoms with Crippen LogP contribution in [0, 0.1) is 0 Å². The Balaban J connectivity index is 1.41. The number of nitrogen functional groups attached to an aromatic ring is 1. The summed E-state index contributed by atoms with van der Waals surface area (Å²) in [4.78, 5) is 35.7. The first-order chi connectivity index (χ1) is 18.6. The Morgan fingerprint density at radius 3 is 2.56 bits per heavy atom. The van der Waals surface area contributed by atoms with Crippen LogP contribution in [0.4, 0.5) is 5.82 Å². The molecule has 5 atom stereocenters. The lowest BCUT2D eigenvalue weighted by molar-refractivity contribution is -0.177. The molecule has 1 saturated heterocycles. The third-order valence-electron chi connectivity index (χ3n) is 6.25. The van der Waals surface area contributed by atoms with Gasteiger partial charge in [-0.1, -0.05) is 12.1 Å². The van der Waals surface area contributed by atoms with E-state index in [4.69, 9.17) is 31.9 Å². The molecule has 0 spiro atoms. The van der Waals surface area contributed by atoms with Gasteiger partial charge in [-0.15, -0.1) is 5.10 Å². The quantitative estimate of drug-likeness (QED) is 0.136. The highest BCUT2D eigenvalue weighted by Crippen LogP contribution is 2.35. The lowest BCUT2D eigenvalue weighted by atomic mass is 9.92. The molecule has 7 N–H and O–H groups in total. The van der Waals surface area contributed by atoms with Crippen LogP contribution in [0.15, 0.2) is 30.6 Å². The van der Waals surface area contributed by atoms with Gasteiger partial charge in [-0.2, -0.15) is 9.97 Å². The van der Waals surface area contributed by atoms with Crippen molar-refractivity contribution < 1.29 is 39.5 Å². The standard InChI is InChI=1S/C21H20ClN9O8/c22-20-25-14(23)11-15(26-20)31(7-24-11)16-13(33)12(32)10(39-16)6-38-21(19(36)37,18-27-29-30-28-18)5-8-1-3-9(4-2-8)17(34)35/h1-4,7,10,12-13,16,32-33H,5-6H2,(H,34,35)(H,36,37)(H2,23,25,26)(H,27,28,29,30)/t10-,12-,13-,16-,21?/m1/s1. The number of benzene rings is 1. The number of carbonyl (C=O) groups is 2. The van der Waals surface area contributed by atoms with Crippen LogP contribution in [-0.4, -0.2) is 97.4 Å². The maximum atomic E-state index is 12.6. The number of aliphatic carboxylic acids is 1. The van der Waals surface area contributed by atoms with E-state index in [9.17, 15) is 24.9 Å².